The van der Waals surface area contributed by atoms with Crippen LogP contribution < -0.4 is 16.4 Å². The Bertz CT molecular complexity index is 1250. The van der Waals surface area contributed by atoms with Crippen molar-refractivity contribution in [2.75, 3.05) is 31.9 Å². The van der Waals surface area contributed by atoms with Crippen molar-refractivity contribution in [1.29, 1.82) is 0 Å². The molecule has 0 bridgehead atoms. The van der Waals surface area contributed by atoms with Crippen LogP contribution in [-0.4, -0.2) is 78.3 Å². The van der Waals surface area contributed by atoms with Crippen molar-refractivity contribution in [2.24, 2.45) is 5.92 Å². The van der Waals surface area contributed by atoms with Crippen molar-refractivity contribution in [3.63, 3.8) is 0 Å². The molecule has 3 aromatic heterocycles. The van der Waals surface area contributed by atoms with Crippen LogP contribution in [0.15, 0.2) is 49.2 Å². The molecule has 1 fully saturated rings. The monoisotopic (exact) mass is 491 g/mol. The zero-order valence-electron chi connectivity index (χ0n) is 20.1. The number of hydrogen-bond donors (Lipinski definition) is 6. The summed E-state index contributed by atoms with van der Waals surface area (Å²) in [6.45, 7) is 3.35. The second-order valence-electron chi connectivity index (χ2n) is 9.33. The molecule has 0 radical (unpaired) electrons. The molecule has 0 saturated heterocycles. The molecule has 0 unspecified atom stereocenters. The Morgan fingerprint density at radius 3 is 2.64 bits per heavy atom. The number of aliphatic hydroxyl groups excluding tert-OH is 2. The summed E-state index contributed by atoms with van der Waals surface area (Å²) in [5, 5.41) is 36.1. The molecule has 190 valence electrons. The quantitative estimate of drug-likeness (QED) is 0.167. The smallest absolute Gasteiger partial charge is 0.157 e. The maximum absolute atomic E-state index is 10.9. The number of nitrogens with one attached hydrogen (secondary N) is 3. The molecule has 11 heteroatoms. The van der Waals surface area contributed by atoms with Crippen LogP contribution in [0.25, 0.3) is 22.4 Å². The van der Waals surface area contributed by atoms with Gasteiger partial charge in [0.15, 0.2) is 5.82 Å². The second kappa shape index (κ2) is 11.1. The van der Waals surface area contributed by atoms with Crippen LogP contribution in [0.4, 0.5) is 5.82 Å². The van der Waals surface area contributed by atoms with Gasteiger partial charge in [-0.3, -0.25) is 5.10 Å². The van der Waals surface area contributed by atoms with Crippen molar-refractivity contribution < 1.29 is 10.2 Å². The molecular weight excluding hydrogens is 458 g/mol. The van der Waals surface area contributed by atoms with Gasteiger partial charge in [0, 0.05) is 24.2 Å². The summed E-state index contributed by atoms with van der Waals surface area (Å²) in [6.07, 6.45) is 5.54. The highest BCUT2D eigenvalue weighted by Gasteiger charge is 2.43. The molecule has 5 rings (SSSR count). The summed E-state index contributed by atoms with van der Waals surface area (Å²) in [4.78, 5) is 12.8. The number of aromatic amines is 1. The summed E-state index contributed by atoms with van der Waals surface area (Å²) in [5.74, 6) is 0.791. The Kier molecular flexibility index (Phi) is 7.52. The van der Waals surface area contributed by atoms with Gasteiger partial charge in [-0.25, -0.2) is 15.0 Å². The lowest BCUT2D eigenvalue weighted by molar-refractivity contribution is 0.00695. The lowest BCUT2D eigenvalue weighted by Crippen LogP contribution is -2.34. The zero-order valence-corrected chi connectivity index (χ0v) is 20.1. The minimum Gasteiger partial charge on any atom is -0.390 e. The minimum absolute atomic E-state index is 0.0820. The molecule has 7 N–H and O–H groups in total. The first kappa shape index (κ1) is 24.3. The summed E-state index contributed by atoms with van der Waals surface area (Å²) < 4.78 is 1.88. The van der Waals surface area contributed by atoms with E-state index in [9.17, 15) is 10.2 Å². The van der Waals surface area contributed by atoms with Gasteiger partial charge >= 0.3 is 0 Å². The first-order valence-electron chi connectivity index (χ1n) is 12.4. The van der Waals surface area contributed by atoms with Crippen LogP contribution in [0.1, 0.15) is 24.4 Å². The number of nitrogens with zero attached hydrogens (tertiary/aromatic N) is 5. The molecule has 1 aliphatic carbocycles. The number of anilines is 1. The molecule has 4 atom stereocenters. The Hall–Kier alpha value is -3.38. The van der Waals surface area contributed by atoms with Gasteiger partial charge in [-0.15, -0.1) is 0 Å². The fourth-order valence-electron chi connectivity index (χ4n) is 5.08. The third-order valence-corrected chi connectivity index (χ3v) is 6.98. The fraction of sp³-hybridized carbons (Fsp3) is 0.440. The molecule has 0 amide bonds. The van der Waals surface area contributed by atoms with E-state index in [1.165, 1.54) is 18.2 Å². The molecule has 0 spiro atoms. The number of aliphatic hydroxyl groups is 2. The lowest BCUT2D eigenvalue weighted by atomic mass is 10.1. The Morgan fingerprint density at radius 1 is 1.00 bits per heavy atom. The van der Waals surface area contributed by atoms with E-state index < -0.39 is 12.2 Å². The van der Waals surface area contributed by atoms with E-state index in [1.807, 2.05) is 16.8 Å². The van der Waals surface area contributed by atoms with Gasteiger partial charge in [-0.1, -0.05) is 30.3 Å². The number of benzene rings is 1. The van der Waals surface area contributed by atoms with E-state index in [4.69, 9.17) is 5.73 Å². The highest BCUT2D eigenvalue weighted by molar-refractivity contribution is 5.99. The number of rotatable bonds is 11. The summed E-state index contributed by atoms with van der Waals surface area (Å²) in [7, 11) is 0. The zero-order chi connectivity index (χ0) is 24.9. The van der Waals surface area contributed by atoms with Crippen molar-refractivity contribution in [1.82, 2.24) is 40.3 Å². The van der Waals surface area contributed by atoms with Gasteiger partial charge in [0.1, 0.15) is 30.2 Å². The van der Waals surface area contributed by atoms with Gasteiger partial charge in [0.2, 0.25) is 0 Å². The molecule has 36 heavy (non-hydrogen) atoms. The van der Waals surface area contributed by atoms with E-state index in [1.54, 1.807) is 0 Å². The number of nitrogens with two attached hydrogens (primary N) is 1. The third kappa shape index (κ3) is 5.09. The molecule has 1 aromatic carbocycles. The molecule has 1 saturated carbocycles. The predicted octanol–water partition coefficient (Wildman–Crippen LogP) is 0.893. The minimum atomic E-state index is -0.925. The first-order chi connectivity index (χ1) is 17.6. The SMILES string of the molecule is Nc1ncnc2c1c(-c1ncn[nH]1)cn2[C@@H]1C[C@H](CNCCCNCCc2ccccc2)[C@@H](O)[C@H]1O. The average Bonchev–Trinajstić information content (AvgIpc) is 3.62. The van der Waals surface area contributed by atoms with Crippen molar-refractivity contribution in [3.8, 4) is 11.4 Å². The summed E-state index contributed by atoms with van der Waals surface area (Å²) >= 11 is 0. The van der Waals surface area contributed by atoms with Crippen molar-refractivity contribution in [2.45, 2.75) is 37.5 Å². The Morgan fingerprint density at radius 2 is 1.83 bits per heavy atom. The fourth-order valence-corrected chi connectivity index (χ4v) is 5.08. The molecule has 11 nitrogen and oxygen atoms in total. The molecule has 0 aliphatic heterocycles. The number of hydrogen-bond acceptors (Lipinski definition) is 9. The molecule has 4 aromatic rings. The summed E-state index contributed by atoms with van der Waals surface area (Å²) in [6, 6.07) is 10.1. The first-order valence-corrected chi connectivity index (χ1v) is 12.4. The van der Waals surface area contributed by atoms with Crippen LogP contribution in [0, 0.1) is 5.92 Å². The number of H-pyrrole nitrogens is 1. The van der Waals surface area contributed by atoms with Crippen molar-refractivity contribution >= 4 is 16.9 Å². The number of aromatic nitrogens is 6. The topological polar surface area (TPSA) is 163 Å². The molecule has 3 heterocycles. The molecule has 1 aliphatic rings. The van der Waals surface area contributed by atoms with Crippen molar-refractivity contribution in [3.05, 3.63) is 54.7 Å². The maximum atomic E-state index is 10.9. The predicted molar refractivity (Wildman–Crippen MR) is 137 cm³/mol. The highest BCUT2D eigenvalue weighted by Crippen LogP contribution is 2.40. The third-order valence-electron chi connectivity index (χ3n) is 6.98. The van der Waals surface area contributed by atoms with E-state index in [-0.39, 0.29) is 12.0 Å². The average molecular weight is 492 g/mol. The van der Waals surface area contributed by atoms with Crippen LogP contribution in [0.5, 0.6) is 0 Å². The highest BCUT2D eigenvalue weighted by atomic mass is 16.3. The van der Waals surface area contributed by atoms with E-state index >= 15 is 0 Å². The van der Waals surface area contributed by atoms with Crippen LogP contribution >= 0.6 is 0 Å². The van der Waals surface area contributed by atoms with Crippen LogP contribution in [-0.2, 0) is 6.42 Å². The summed E-state index contributed by atoms with van der Waals surface area (Å²) in [5.41, 5.74) is 8.81. The normalized spacial score (nSPS) is 21.9. The standard InChI is InChI=1S/C25H33N9O2/c26-23-20-18(24-30-15-32-33-24)13-34(25(20)31-14-29-23)19-11-17(21(35)22(19)36)12-28-9-4-8-27-10-7-16-5-2-1-3-6-16/h1-3,5-6,13-15,17,19,21-22,27-28,35-36H,4,7-12H2,(H2,26,29,31)(H,30,32,33)/t17-,19-,21-,22+/m1/s1. The Labute approximate surface area is 209 Å². The second-order valence-corrected chi connectivity index (χ2v) is 9.33. The van der Waals surface area contributed by atoms with E-state index in [2.05, 4.69) is 60.0 Å². The van der Waals surface area contributed by atoms with Crippen LogP contribution in [0.2, 0.25) is 0 Å². The van der Waals surface area contributed by atoms with E-state index in [0.717, 1.165) is 32.5 Å². The number of nitrogen functional groups attached to an aromatic ring is 1. The van der Waals surface area contributed by atoms with Gasteiger partial charge < -0.3 is 31.1 Å². The van der Waals surface area contributed by atoms with Gasteiger partial charge in [-0.2, -0.15) is 5.10 Å². The Balaban J connectivity index is 1.15. The maximum Gasteiger partial charge on any atom is 0.157 e. The largest absolute Gasteiger partial charge is 0.390 e. The lowest BCUT2D eigenvalue weighted by Gasteiger charge is -2.19. The number of fused-ring (bicyclic) bond motifs is 1. The van der Waals surface area contributed by atoms with Gasteiger partial charge in [-0.05, 0) is 44.5 Å². The van der Waals surface area contributed by atoms with E-state index in [0.29, 0.717) is 41.2 Å². The molecular formula is C25H33N9O2. The van der Waals surface area contributed by atoms with Gasteiger partial charge in [0.05, 0.1) is 17.5 Å². The van der Waals surface area contributed by atoms with Gasteiger partial charge in [0.25, 0.3) is 0 Å². The van der Waals surface area contributed by atoms with Crippen LogP contribution in [0.3, 0.4) is 0 Å².